The molecule has 16 heavy (non-hydrogen) atoms. The molecule has 0 bridgehead atoms. The third-order valence-electron chi connectivity index (χ3n) is 3.43. The Kier molecular flexibility index (Phi) is 3.78. The Morgan fingerprint density at radius 2 is 1.81 bits per heavy atom. The molecule has 1 saturated carbocycles. The van der Waals surface area contributed by atoms with E-state index in [0.717, 1.165) is 12.8 Å². The summed E-state index contributed by atoms with van der Waals surface area (Å²) in [6.07, 6.45) is 4.59. The van der Waals surface area contributed by atoms with Gasteiger partial charge >= 0.3 is 0 Å². The molecule has 5 heteroatoms. The zero-order chi connectivity index (χ0) is 12.3. The van der Waals surface area contributed by atoms with Gasteiger partial charge in [0.15, 0.2) is 5.96 Å². The van der Waals surface area contributed by atoms with E-state index in [1.54, 1.807) is 0 Å². The molecule has 1 fully saturated rings. The van der Waals surface area contributed by atoms with Crippen LogP contribution in [0.1, 0.15) is 39.5 Å². The third-order valence-corrected chi connectivity index (χ3v) is 3.43. The zero-order valence-corrected chi connectivity index (χ0v) is 10.5. The first kappa shape index (κ1) is 12.8. The third kappa shape index (κ3) is 3.40. The van der Waals surface area contributed by atoms with Crippen LogP contribution in [0, 0.1) is 10.8 Å². The molecule has 0 heterocycles. The van der Waals surface area contributed by atoms with E-state index in [0.29, 0.717) is 11.5 Å². The second-order valence-electron chi connectivity index (χ2n) is 5.37. The van der Waals surface area contributed by atoms with Crippen molar-refractivity contribution in [3.63, 3.8) is 0 Å². The first-order chi connectivity index (χ1) is 7.32. The van der Waals surface area contributed by atoms with Crippen molar-refractivity contribution < 1.29 is 0 Å². The average Bonchev–Trinajstić information content (AvgIpc) is 2.15. The van der Waals surface area contributed by atoms with Crippen LogP contribution in [0.5, 0.6) is 0 Å². The molecule has 0 radical (unpaired) electrons. The Hall–Kier alpha value is -1.26. The maximum Gasteiger partial charge on any atom is 0.220 e. The van der Waals surface area contributed by atoms with Crippen LogP contribution in [0.3, 0.4) is 0 Å². The first-order valence-electron chi connectivity index (χ1n) is 5.73. The molecular weight excluding hydrogens is 202 g/mol. The number of guanidine groups is 2. The van der Waals surface area contributed by atoms with Crippen LogP contribution < -0.4 is 11.5 Å². The van der Waals surface area contributed by atoms with Crippen LogP contribution >= 0.6 is 0 Å². The number of aliphatic imine (C=N–C) groups is 1. The van der Waals surface area contributed by atoms with Crippen molar-refractivity contribution in [1.82, 2.24) is 4.90 Å². The van der Waals surface area contributed by atoms with Gasteiger partial charge in [0.05, 0.1) is 0 Å². The lowest BCUT2D eigenvalue weighted by molar-refractivity contribution is 0.168. The van der Waals surface area contributed by atoms with Crippen molar-refractivity contribution >= 4 is 11.9 Å². The van der Waals surface area contributed by atoms with Crippen molar-refractivity contribution in [3.8, 4) is 0 Å². The fraction of sp³-hybridized carbons (Fsp3) is 0.818. The Labute approximate surface area is 97.4 Å². The van der Waals surface area contributed by atoms with Gasteiger partial charge in [0, 0.05) is 13.1 Å². The van der Waals surface area contributed by atoms with Crippen LogP contribution in [0.15, 0.2) is 4.99 Å². The lowest BCUT2D eigenvalue weighted by Gasteiger charge is -2.38. The predicted octanol–water partition coefficient (Wildman–Crippen LogP) is 1.10. The molecule has 0 aliphatic heterocycles. The lowest BCUT2D eigenvalue weighted by Crippen LogP contribution is -2.41. The minimum Gasteiger partial charge on any atom is -0.370 e. The highest BCUT2D eigenvalue weighted by Crippen LogP contribution is 2.36. The van der Waals surface area contributed by atoms with Crippen LogP contribution in [-0.2, 0) is 0 Å². The molecule has 0 amide bonds. The number of nitrogens with one attached hydrogen (secondary N) is 1. The summed E-state index contributed by atoms with van der Waals surface area (Å²) in [7, 11) is 1.89. The molecular formula is C11H23N5. The minimum atomic E-state index is -0.0482. The van der Waals surface area contributed by atoms with Gasteiger partial charge in [0.1, 0.15) is 0 Å². The molecule has 92 valence electrons. The summed E-state index contributed by atoms with van der Waals surface area (Å²) in [4.78, 5) is 5.64. The summed E-state index contributed by atoms with van der Waals surface area (Å²) in [5.41, 5.74) is 11.0. The van der Waals surface area contributed by atoms with E-state index >= 15 is 0 Å². The van der Waals surface area contributed by atoms with Crippen molar-refractivity contribution in [3.05, 3.63) is 0 Å². The van der Waals surface area contributed by atoms with Crippen molar-refractivity contribution in [2.45, 2.75) is 45.6 Å². The van der Waals surface area contributed by atoms with Crippen LogP contribution in [0.4, 0.5) is 0 Å². The van der Waals surface area contributed by atoms with Gasteiger partial charge in [0.25, 0.3) is 0 Å². The Morgan fingerprint density at radius 3 is 2.25 bits per heavy atom. The lowest BCUT2D eigenvalue weighted by atomic mass is 9.75. The molecule has 0 aromatic carbocycles. The summed E-state index contributed by atoms with van der Waals surface area (Å²) in [6.45, 7) is 4.59. The average molecular weight is 225 g/mol. The summed E-state index contributed by atoms with van der Waals surface area (Å²) >= 11 is 0. The summed E-state index contributed by atoms with van der Waals surface area (Å²) < 4.78 is 0. The fourth-order valence-corrected chi connectivity index (χ4v) is 2.15. The van der Waals surface area contributed by atoms with Crippen LogP contribution in [0.2, 0.25) is 0 Å². The van der Waals surface area contributed by atoms with Gasteiger partial charge in [-0.25, -0.2) is 0 Å². The molecule has 5 nitrogen and oxygen atoms in total. The van der Waals surface area contributed by atoms with E-state index in [9.17, 15) is 0 Å². The Balaban J connectivity index is 2.54. The van der Waals surface area contributed by atoms with E-state index in [1.165, 1.54) is 12.8 Å². The fourth-order valence-electron chi connectivity index (χ4n) is 2.15. The number of rotatable bonds is 1. The molecule has 0 aromatic heterocycles. The van der Waals surface area contributed by atoms with Gasteiger partial charge in [-0.2, -0.15) is 4.99 Å². The largest absolute Gasteiger partial charge is 0.370 e. The quantitative estimate of drug-likeness (QED) is 0.461. The highest BCUT2D eigenvalue weighted by Gasteiger charge is 2.29. The maximum absolute atomic E-state index is 7.74. The second-order valence-corrected chi connectivity index (χ2v) is 5.37. The monoisotopic (exact) mass is 225 g/mol. The molecule has 0 unspecified atom stereocenters. The normalized spacial score (nSPS) is 20.2. The van der Waals surface area contributed by atoms with Gasteiger partial charge in [0.2, 0.25) is 5.96 Å². The number of hydrogen-bond acceptors (Lipinski definition) is 1. The van der Waals surface area contributed by atoms with Gasteiger partial charge in [-0.1, -0.05) is 13.8 Å². The number of nitrogens with two attached hydrogens (primary N) is 2. The molecule has 1 aliphatic rings. The minimum absolute atomic E-state index is 0.0482. The van der Waals surface area contributed by atoms with E-state index in [4.69, 9.17) is 16.9 Å². The van der Waals surface area contributed by atoms with E-state index in [-0.39, 0.29) is 11.9 Å². The molecule has 0 aromatic rings. The zero-order valence-electron chi connectivity index (χ0n) is 10.5. The summed E-state index contributed by atoms with van der Waals surface area (Å²) in [5, 5.41) is 7.74. The standard InChI is InChI=1S/C11H23N5/c1-11(2)6-4-8(5-7-11)16(3)10(14)15-9(12)13/h8H,4-7H2,1-3H3,(H5,12,13,14,15). The van der Waals surface area contributed by atoms with E-state index < -0.39 is 0 Å². The molecule has 1 rings (SSSR count). The van der Waals surface area contributed by atoms with Gasteiger partial charge in [-0.05, 0) is 31.1 Å². The van der Waals surface area contributed by atoms with E-state index in [2.05, 4.69) is 18.8 Å². The van der Waals surface area contributed by atoms with Crippen molar-refractivity contribution in [1.29, 1.82) is 5.41 Å². The molecule has 0 saturated heterocycles. The van der Waals surface area contributed by atoms with Crippen molar-refractivity contribution in [2.75, 3.05) is 7.05 Å². The topological polar surface area (TPSA) is 91.5 Å². The first-order valence-corrected chi connectivity index (χ1v) is 5.73. The molecule has 1 aliphatic carbocycles. The SMILES string of the molecule is CN(C(=N)N=C(N)N)C1CCC(C)(C)CC1. The summed E-state index contributed by atoms with van der Waals surface area (Å²) in [5.74, 6) is 0.109. The number of hydrogen-bond donors (Lipinski definition) is 3. The molecule has 0 spiro atoms. The highest BCUT2D eigenvalue weighted by molar-refractivity contribution is 5.91. The maximum atomic E-state index is 7.74. The predicted molar refractivity (Wildman–Crippen MR) is 67.3 cm³/mol. The van der Waals surface area contributed by atoms with Gasteiger partial charge in [-0.15, -0.1) is 0 Å². The van der Waals surface area contributed by atoms with Crippen molar-refractivity contribution in [2.24, 2.45) is 21.9 Å². The smallest absolute Gasteiger partial charge is 0.220 e. The second kappa shape index (κ2) is 4.72. The van der Waals surface area contributed by atoms with Crippen LogP contribution in [0.25, 0.3) is 0 Å². The highest BCUT2D eigenvalue weighted by atomic mass is 15.3. The van der Waals surface area contributed by atoms with Gasteiger partial charge in [-0.3, -0.25) is 5.41 Å². The van der Waals surface area contributed by atoms with E-state index in [1.807, 2.05) is 11.9 Å². The van der Waals surface area contributed by atoms with Gasteiger partial charge < -0.3 is 16.4 Å². The Morgan fingerprint density at radius 1 is 1.31 bits per heavy atom. The molecule has 0 atom stereocenters. The number of nitrogens with zero attached hydrogens (tertiary/aromatic N) is 2. The summed E-state index contributed by atoms with van der Waals surface area (Å²) in [6, 6.07) is 0.392. The van der Waals surface area contributed by atoms with Crippen LogP contribution in [-0.4, -0.2) is 29.9 Å². The molecule has 5 N–H and O–H groups in total. The Bertz CT molecular complexity index is 281.